The Kier molecular flexibility index (Phi) is 6.16. The first-order valence-electron chi connectivity index (χ1n) is 10.5. The molecule has 4 rings (SSSR count). The quantitative estimate of drug-likeness (QED) is 0.442. The summed E-state index contributed by atoms with van der Waals surface area (Å²) in [5.74, 6) is 0.587. The van der Waals surface area contributed by atoms with E-state index in [-0.39, 0.29) is 17.3 Å². The van der Waals surface area contributed by atoms with Gasteiger partial charge in [0.05, 0.1) is 4.92 Å². The largest absolute Gasteiger partial charge is 0.368 e. The number of piperazine rings is 1. The summed E-state index contributed by atoms with van der Waals surface area (Å²) in [6, 6.07) is 14.1. The van der Waals surface area contributed by atoms with E-state index in [2.05, 4.69) is 34.0 Å². The molecule has 0 aliphatic carbocycles. The Labute approximate surface area is 185 Å². The second kappa shape index (κ2) is 9.17. The van der Waals surface area contributed by atoms with E-state index >= 15 is 0 Å². The molecule has 1 aliphatic rings. The van der Waals surface area contributed by atoms with Crippen LogP contribution in [0.4, 0.5) is 33.1 Å². The van der Waals surface area contributed by atoms with Crippen molar-refractivity contribution in [2.45, 2.75) is 19.8 Å². The third-order valence-electron chi connectivity index (χ3n) is 5.60. The Bertz CT molecular complexity index is 1080. The SMILES string of the molecule is CC(C)c1ccc(Nc2ncnc(N3CCN(c4ccc(F)cc4)CC3)c2[N+](=O)[O-])cc1. The molecule has 1 aromatic heterocycles. The summed E-state index contributed by atoms with van der Waals surface area (Å²) in [5.41, 5.74) is 2.70. The molecule has 1 N–H and O–H groups in total. The molecular formula is C23H25FN6O2. The lowest BCUT2D eigenvalue weighted by Gasteiger charge is -2.36. The molecule has 0 bridgehead atoms. The average Bonchev–Trinajstić information content (AvgIpc) is 2.80. The van der Waals surface area contributed by atoms with Crippen LogP contribution < -0.4 is 15.1 Å². The second-order valence-corrected chi connectivity index (χ2v) is 8.00. The number of aromatic nitrogens is 2. The highest BCUT2D eigenvalue weighted by Crippen LogP contribution is 2.34. The number of hydrogen-bond acceptors (Lipinski definition) is 7. The van der Waals surface area contributed by atoms with Crippen LogP contribution in [0.1, 0.15) is 25.3 Å². The van der Waals surface area contributed by atoms with E-state index in [1.165, 1.54) is 24.0 Å². The van der Waals surface area contributed by atoms with Gasteiger partial charge in [0.2, 0.25) is 11.6 Å². The molecule has 0 spiro atoms. The Morgan fingerprint density at radius 1 is 0.969 bits per heavy atom. The fraction of sp³-hybridized carbons (Fsp3) is 0.304. The van der Waals surface area contributed by atoms with Crippen molar-refractivity contribution in [3.8, 4) is 0 Å². The van der Waals surface area contributed by atoms with Gasteiger partial charge in [-0.1, -0.05) is 26.0 Å². The first kappa shape index (κ1) is 21.5. The summed E-state index contributed by atoms with van der Waals surface area (Å²) in [6.45, 7) is 6.62. The lowest BCUT2D eigenvalue weighted by atomic mass is 10.0. The van der Waals surface area contributed by atoms with Gasteiger partial charge in [0.15, 0.2) is 0 Å². The van der Waals surface area contributed by atoms with Crippen LogP contribution in [0.5, 0.6) is 0 Å². The van der Waals surface area contributed by atoms with Crippen LogP contribution >= 0.6 is 0 Å². The zero-order valence-electron chi connectivity index (χ0n) is 18.0. The molecule has 1 fully saturated rings. The summed E-state index contributed by atoms with van der Waals surface area (Å²) in [7, 11) is 0. The minimum Gasteiger partial charge on any atom is -0.368 e. The summed E-state index contributed by atoms with van der Waals surface area (Å²) >= 11 is 0. The van der Waals surface area contributed by atoms with Gasteiger partial charge in [-0.25, -0.2) is 14.4 Å². The summed E-state index contributed by atoms with van der Waals surface area (Å²) in [5, 5.41) is 15.0. The highest BCUT2D eigenvalue weighted by Gasteiger charge is 2.29. The maximum atomic E-state index is 13.2. The first-order chi connectivity index (χ1) is 15.4. The van der Waals surface area contributed by atoms with Crippen LogP contribution in [0.3, 0.4) is 0 Å². The monoisotopic (exact) mass is 436 g/mol. The lowest BCUT2D eigenvalue weighted by Crippen LogP contribution is -2.47. The molecule has 2 heterocycles. The van der Waals surface area contributed by atoms with E-state index in [0.717, 1.165) is 11.4 Å². The highest BCUT2D eigenvalue weighted by molar-refractivity contribution is 5.74. The number of benzene rings is 2. The number of nitrogens with zero attached hydrogens (tertiary/aromatic N) is 5. The predicted molar refractivity (Wildman–Crippen MR) is 123 cm³/mol. The first-order valence-corrected chi connectivity index (χ1v) is 10.5. The fourth-order valence-corrected chi connectivity index (χ4v) is 3.78. The van der Waals surface area contributed by atoms with Gasteiger partial charge >= 0.3 is 5.69 Å². The van der Waals surface area contributed by atoms with Crippen LogP contribution in [-0.2, 0) is 0 Å². The molecule has 8 nitrogen and oxygen atoms in total. The zero-order valence-corrected chi connectivity index (χ0v) is 18.0. The van der Waals surface area contributed by atoms with Crippen LogP contribution in [0.25, 0.3) is 0 Å². The molecule has 0 amide bonds. The molecule has 0 atom stereocenters. The van der Waals surface area contributed by atoms with Crippen molar-refractivity contribution in [3.63, 3.8) is 0 Å². The molecule has 32 heavy (non-hydrogen) atoms. The van der Waals surface area contributed by atoms with Crippen molar-refractivity contribution in [2.24, 2.45) is 0 Å². The standard InChI is InChI=1S/C23H25FN6O2/c1-16(2)17-3-7-19(8-4-17)27-22-21(30(31)32)23(26-15-25-22)29-13-11-28(12-14-29)20-9-5-18(24)6-10-20/h3-10,15-16H,11-14H2,1-2H3,(H,25,26,27). The third kappa shape index (κ3) is 4.61. The number of nitrogens with one attached hydrogen (secondary N) is 1. The number of hydrogen-bond donors (Lipinski definition) is 1. The molecule has 166 valence electrons. The van der Waals surface area contributed by atoms with Gasteiger partial charge in [-0.2, -0.15) is 0 Å². The van der Waals surface area contributed by atoms with E-state index in [4.69, 9.17) is 0 Å². The minimum absolute atomic E-state index is 0.143. The van der Waals surface area contributed by atoms with Gasteiger partial charge in [0.25, 0.3) is 0 Å². The van der Waals surface area contributed by atoms with Crippen molar-refractivity contribution in [1.82, 2.24) is 9.97 Å². The maximum Gasteiger partial charge on any atom is 0.353 e. The Morgan fingerprint density at radius 2 is 1.59 bits per heavy atom. The fourth-order valence-electron chi connectivity index (χ4n) is 3.78. The van der Waals surface area contributed by atoms with E-state index in [0.29, 0.717) is 37.9 Å². The van der Waals surface area contributed by atoms with E-state index in [9.17, 15) is 14.5 Å². The van der Waals surface area contributed by atoms with Crippen molar-refractivity contribution >= 4 is 28.7 Å². The summed E-state index contributed by atoms with van der Waals surface area (Å²) in [6.07, 6.45) is 1.35. The Morgan fingerprint density at radius 3 is 2.19 bits per heavy atom. The average molecular weight is 436 g/mol. The predicted octanol–water partition coefficient (Wildman–Crippen LogP) is 4.72. The molecule has 9 heteroatoms. The lowest BCUT2D eigenvalue weighted by molar-refractivity contribution is -0.383. The van der Waals surface area contributed by atoms with E-state index in [1.54, 1.807) is 12.1 Å². The summed E-state index contributed by atoms with van der Waals surface area (Å²) in [4.78, 5) is 23.9. The van der Waals surface area contributed by atoms with Crippen LogP contribution in [0.2, 0.25) is 0 Å². The van der Waals surface area contributed by atoms with Crippen LogP contribution in [0.15, 0.2) is 54.9 Å². The van der Waals surface area contributed by atoms with Gasteiger partial charge in [0, 0.05) is 37.6 Å². The Hall–Kier alpha value is -3.75. The van der Waals surface area contributed by atoms with Gasteiger partial charge in [0.1, 0.15) is 12.1 Å². The minimum atomic E-state index is -0.438. The second-order valence-electron chi connectivity index (χ2n) is 8.00. The van der Waals surface area contributed by atoms with E-state index in [1.807, 2.05) is 29.2 Å². The number of anilines is 4. The molecule has 0 unspecified atom stereocenters. The number of halogens is 1. The zero-order chi connectivity index (χ0) is 22.7. The Balaban J connectivity index is 1.53. The molecular weight excluding hydrogens is 411 g/mol. The third-order valence-corrected chi connectivity index (χ3v) is 5.60. The highest BCUT2D eigenvalue weighted by atomic mass is 19.1. The topological polar surface area (TPSA) is 87.4 Å². The van der Waals surface area contributed by atoms with Crippen LogP contribution in [0, 0.1) is 15.9 Å². The van der Waals surface area contributed by atoms with Crippen molar-refractivity contribution in [2.75, 3.05) is 41.3 Å². The molecule has 3 aromatic rings. The number of rotatable bonds is 6. The maximum absolute atomic E-state index is 13.2. The molecule has 1 saturated heterocycles. The van der Waals surface area contributed by atoms with Crippen molar-refractivity contribution < 1.29 is 9.31 Å². The van der Waals surface area contributed by atoms with E-state index < -0.39 is 4.92 Å². The smallest absolute Gasteiger partial charge is 0.353 e. The number of nitro groups is 1. The van der Waals surface area contributed by atoms with Gasteiger partial charge in [-0.15, -0.1) is 0 Å². The normalized spacial score (nSPS) is 14.0. The molecule has 2 aromatic carbocycles. The van der Waals surface area contributed by atoms with Gasteiger partial charge in [-0.05, 0) is 47.9 Å². The van der Waals surface area contributed by atoms with Gasteiger partial charge in [-0.3, -0.25) is 10.1 Å². The van der Waals surface area contributed by atoms with Crippen LogP contribution in [-0.4, -0.2) is 41.1 Å². The summed E-state index contributed by atoms with van der Waals surface area (Å²) < 4.78 is 13.2. The molecule has 0 saturated carbocycles. The van der Waals surface area contributed by atoms with Crippen molar-refractivity contribution in [1.29, 1.82) is 0 Å². The molecule has 1 aliphatic heterocycles. The van der Waals surface area contributed by atoms with Crippen molar-refractivity contribution in [3.05, 3.63) is 76.4 Å². The van der Waals surface area contributed by atoms with Gasteiger partial charge < -0.3 is 15.1 Å². The molecule has 0 radical (unpaired) electrons.